The van der Waals surface area contributed by atoms with Crippen molar-refractivity contribution >= 4 is 15.9 Å². The molecule has 30 heavy (non-hydrogen) atoms. The maximum absolute atomic E-state index is 6.10. The Hall–Kier alpha value is -1.28. The minimum Gasteiger partial charge on any atom is -0.488 e. The van der Waals surface area contributed by atoms with Gasteiger partial charge in [0.2, 0.25) is 0 Å². The third-order valence-electron chi connectivity index (χ3n) is 6.83. The summed E-state index contributed by atoms with van der Waals surface area (Å²) in [6, 6.07) is 15.7. The summed E-state index contributed by atoms with van der Waals surface area (Å²) < 4.78 is 7.17. The van der Waals surface area contributed by atoms with Crippen LogP contribution in [0.1, 0.15) is 101 Å². The first kappa shape index (κ1) is 23.4. The Morgan fingerprint density at radius 3 is 2.20 bits per heavy atom. The van der Waals surface area contributed by atoms with Crippen molar-refractivity contribution in [3.8, 4) is 5.75 Å². The summed E-state index contributed by atoms with van der Waals surface area (Å²) in [5.74, 6) is 2.65. The lowest BCUT2D eigenvalue weighted by atomic mass is 9.78. The molecule has 164 valence electrons. The van der Waals surface area contributed by atoms with Crippen molar-refractivity contribution in [1.29, 1.82) is 0 Å². The van der Waals surface area contributed by atoms with Gasteiger partial charge in [0.25, 0.3) is 0 Å². The van der Waals surface area contributed by atoms with Crippen molar-refractivity contribution in [3.05, 3.63) is 63.6 Å². The lowest BCUT2D eigenvalue weighted by Crippen LogP contribution is -2.12. The predicted molar refractivity (Wildman–Crippen MR) is 132 cm³/mol. The highest BCUT2D eigenvalue weighted by molar-refractivity contribution is 9.10. The first-order valence-electron chi connectivity index (χ1n) is 12.2. The zero-order chi connectivity index (χ0) is 21.2. The topological polar surface area (TPSA) is 9.23 Å². The normalized spacial score (nSPS) is 19.0. The highest BCUT2D eigenvalue weighted by Gasteiger charge is 2.21. The van der Waals surface area contributed by atoms with Crippen molar-refractivity contribution in [3.63, 3.8) is 0 Å². The van der Waals surface area contributed by atoms with Crippen LogP contribution in [0.3, 0.4) is 0 Å². The van der Waals surface area contributed by atoms with Gasteiger partial charge in [-0.3, -0.25) is 0 Å². The molecule has 1 saturated carbocycles. The average molecular weight is 472 g/mol. The van der Waals surface area contributed by atoms with E-state index in [1.807, 2.05) is 0 Å². The summed E-state index contributed by atoms with van der Waals surface area (Å²) in [5.41, 5.74) is 4.15. The number of rotatable bonds is 11. The van der Waals surface area contributed by atoms with E-state index in [9.17, 15) is 0 Å². The molecule has 0 heterocycles. The van der Waals surface area contributed by atoms with Gasteiger partial charge in [-0.15, -0.1) is 0 Å². The second-order valence-electron chi connectivity index (χ2n) is 9.09. The fourth-order valence-electron chi connectivity index (χ4n) is 4.70. The van der Waals surface area contributed by atoms with Gasteiger partial charge in [-0.05, 0) is 95.1 Å². The fourth-order valence-corrected chi connectivity index (χ4v) is 5.24. The lowest BCUT2D eigenvalue weighted by molar-refractivity contribution is 0.303. The van der Waals surface area contributed by atoms with Gasteiger partial charge in [0.1, 0.15) is 12.4 Å². The Kier molecular flexibility index (Phi) is 9.78. The lowest BCUT2D eigenvalue weighted by Gasteiger charge is -2.28. The first-order valence-corrected chi connectivity index (χ1v) is 13.0. The number of unbranched alkanes of at least 4 members (excludes halogenated alkanes) is 4. The quantitative estimate of drug-likeness (QED) is 0.297. The maximum atomic E-state index is 6.10. The van der Waals surface area contributed by atoms with Crippen LogP contribution in [0.2, 0.25) is 0 Å². The molecule has 0 unspecified atom stereocenters. The van der Waals surface area contributed by atoms with Crippen LogP contribution >= 0.6 is 15.9 Å². The van der Waals surface area contributed by atoms with Gasteiger partial charge >= 0.3 is 0 Å². The van der Waals surface area contributed by atoms with E-state index in [4.69, 9.17) is 4.74 Å². The Morgan fingerprint density at radius 2 is 1.53 bits per heavy atom. The number of aryl methyl sites for hydroxylation is 1. The summed E-state index contributed by atoms with van der Waals surface area (Å²) in [4.78, 5) is 0. The highest BCUT2D eigenvalue weighted by Crippen LogP contribution is 2.37. The molecule has 1 aliphatic carbocycles. The van der Waals surface area contributed by atoms with E-state index in [1.165, 1.54) is 80.9 Å². The van der Waals surface area contributed by atoms with Gasteiger partial charge in [0, 0.05) is 0 Å². The molecule has 2 heteroatoms. The van der Waals surface area contributed by atoms with Crippen LogP contribution in [-0.4, -0.2) is 0 Å². The molecule has 0 bridgehead atoms. The zero-order valence-electron chi connectivity index (χ0n) is 19.0. The van der Waals surface area contributed by atoms with Crippen molar-refractivity contribution in [2.75, 3.05) is 0 Å². The van der Waals surface area contributed by atoms with Crippen molar-refractivity contribution in [2.24, 2.45) is 5.92 Å². The Morgan fingerprint density at radius 1 is 0.833 bits per heavy atom. The minimum atomic E-state index is 0.623. The van der Waals surface area contributed by atoms with E-state index in [2.05, 4.69) is 72.2 Å². The molecule has 1 nitrogen and oxygen atoms in total. The molecule has 0 atom stereocenters. The number of hydrogen-bond donors (Lipinski definition) is 0. The number of halogens is 1. The third-order valence-corrected chi connectivity index (χ3v) is 7.45. The molecule has 0 spiro atoms. The second-order valence-corrected chi connectivity index (χ2v) is 9.94. The van der Waals surface area contributed by atoms with Crippen LogP contribution in [0.5, 0.6) is 5.75 Å². The van der Waals surface area contributed by atoms with Gasteiger partial charge in [0.15, 0.2) is 0 Å². The van der Waals surface area contributed by atoms with Gasteiger partial charge in [-0.1, -0.05) is 76.3 Å². The van der Waals surface area contributed by atoms with E-state index in [0.717, 1.165) is 28.5 Å². The average Bonchev–Trinajstić information content (AvgIpc) is 2.79. The molecule has 1 aliphatic rings. The molecular formula is C28H39BrO. The molecule has 0 N–H and O–H groups in total. The molecule has 0 amide bonds. The number of hydrogen-bond acceptors (Lipinski definition) is 1. The standard InChI is InChI=1S/C28H39BrO/c1-3-5-6-7-8-9-23-14-19-28(27(29)20-23)30-21-24-12-17-26(18-13-24)25-15-10-22(4-2)11-16-25/h12-14,17-20,22,25H,3-11,15-16,21H2,1-2H3. The van der Waals surface area contributed by atoms with Crippen LogP contribution in [0.4, 0.5) is 0 Å². The predicted octanol–water partition coefficient (Wildman–Crippen LogP) is 9.22. The van der Waals surface area contributed by atoms with E-state index in [0.29, 0.717) is 6.61 Å². The summed E-state index contributed by atoms with van der Waals surface area (Å²) in [6.07, 6.45) is 14.6. The molecule has 2 aromatic rings. The minimum absolute atomic E-state index is 0.623. The Bertz CT molecular complexity index is 744. The van der Waals surface area contributed by atoms with Crippen LogP contribution in [0.25, 0.3) is 0 Å². The van der Waals surface area contributed by atoms with Gasteiger partial charge in [-0.25, -0.2) is 0 Å². The van der Waals surface area contributed by atoms with Crippen molar-refractivity contribution in [1.82, 2.24) is 0 Å². The third kappa shape index (κ3) is 7.15. The molecule has 0 aliphatic heterocycles. The highest BCUT2D eigenvalue weighted by atomic mass is 79.9. The Balaban J connectivity index is 1.46. The van der Waals surface area contributed by atoms with Crippen LogP contribution in [0.15, 0.2) is 46.9 Å². The maximum Gasteiger partial charge on any atom is 0.134 e. The second kappa shape index (κ2) is 12.5. The summed E-state index contributed by atoms with van der Waals surface area (Å²) in [6.45, 7) is 5.22. The fraction of sp³-hybridized carbons (Fsp3) is 0.571. The molecule has 0 radical (unpaired) electrons. The molecule has 3 rings (SSSR count). The van der Waals surface area contributed by atoms with E-state index in [1.54, 1.807) is 0 Å². The first-order chi connectivity index (χ1) is 14.7. The van der Waals surface area contributed by atoms with Gasteiger partial charge < -0.3 is 4.74 Å². The molecule has 0 aromatic heterocycles. The summed E-state index contributed by atoms with van der Waals surface area (Å²) in [7, 11) is 0. The van der Waals surface area contributed by atoms with Crippen LogP contribution in [-0.2, 0) is 13.0 Å². The largest absolute Gasteiger partial charge is 0.488 e. The summed E-state index contributed by atoms with van der Waals surface area (Å²) in [5, 5.41) is 0. The SMILES string of the molecule is CCCCCCCc1ccc(OCc2ccc(C3CCC(CC)CC3)cc2)c(Br)c1. The van der Waals surface area contributed by atoms with Gasteiger partial charge in [0.05, 0.1) is 4.47 Å². The van der Waals surface area contributed by atoms with Gasteiger partial charge in [-0.2, -0.15) is 0 Å². The van der Waals surface area contributed by atoms with E-state index in [-0.39, 0.29) is 0 Å². The van der Waals surface area contributed by atoms with Crippen molar-refractivity contribution in [2.45, 2.75) is 97.0 Å². The van der Waals surface area contributed by atoms with Crippen LogP contribution < -0.4 is 4.74 Å². The monoisotopic (exact) mass is 470 g/mol. The molecule has 2 aromatic carbocycles. The molecular weight excluding hydrogens is 432 g/mol. The number of ether oxygens (including phenoxy) is 1. The zero-order valence-corrected chi connectivity index (χ0v) is 20.6. The summed E-state index contributed by atoms with van der Waals surface area (Å²) >= 11 is 3.70. The number of benzene rings is 2. The van der Waals surface area contributed by atoms with E-state index < -0.39 is 0 Å². The smallest absolute Gasteiger partial charge is 0.134 e. The van der Waals surface area contributed by atoms with E-state index >= 15 is 0 Å². The van der Waals surface area contributed by atoms with Crippen LogP contribution in [0, 0.1) is 5.92 Å². The van der Waals surface area contributed by atoms with Crippen molar-refractivity contribution < 1.29 is 4.74 Å². The Labute approximate surface area is 192 Å². The molecule has 1 fully saturated rings. The molecule has 0 saturated heterocycles.